The summed E-state index contributed by atoms with van der Waals surface area (Å²) in [5.74, 6) is 4.52. The first-order valence-electron chi connectivity index (χ1n) is 5.77. The normalized spacial score (nSPS) is 11.9. The molecule has 0 aromatic heterocycles. The zero-order valence-electron chi connectivity index (χ0n) is 10.7. The van der Waals surface area contributed by atoms with Crippen molar-refractivity contribution in [2.24, 2.45) is 0 Å². The molecule has 1 aromatic rings. The number of hydrogen-bond acceptors (Lipinski definition) is 3. The van der Waals surface area contributed by atoms with Crippen molar-refractivity contribution in [2.75, 3.05) is 25.2 Å². The van der Waals surface area contributed by atoms with Gasteiger partial charge >= 0.3 is 0 Å². The summed E-state index contributed by atoms with van der Waals surface area (Å²) in [6, 6.07) is 4.77. The average molecular weight is 267 g/mol. The molecule has 98 valence electrons. The molecule has 1 N–H and O–H groups in total. The smallest absolute Gasteiger partial charge is 0.131 e. The molecule has 1 rings (SSSR count). The lowest BCUT2D eigenvalue weighted by molar-refractivity contribution is 0.395. The van der Waals surface area contributed by atoms with Crippen molar-refractivity contribution in [3.05, 3.63) is 29.6 Å². The van der Waals surface area contributed by atoms with Crippen LogP contribution in [0.15, 0.2) is 18.2 Å². The molecule has 0 heterocycles. The van der Waals surface area contributed by atoms with Gasteiger partial charge in [-0.3, -0.25) is 0 Å². The van der Waals surface area contributed by atoms with E-state index in [0.717, 1.165) is 12.3 Å². The Morgan fingerprint density at radius 1 is 1.56 bits per heavy atom. The summed E-state index contributed by atoms with van der Waals surface area (Å²) in [6.45, 7) is 2.71. The van der Waals surface area contributed by atoms with Crippen molar-refractivity contribution in [1.82, 2.24) is 5.32 Å². The van der Waals surface area contributed by atoms with Crippen LogP contribution >= 0.6 is 11.8 Å². The minimum absolute atomic E-state index is 0.0902. The maximum Gasteiger partial charge on any atom is 0.131 e. The fraction of sp³-hybridized carbons (Fsp3) is 0.429. The predicted molar refractivity (Wildman–Crippen MR) is 75.5 cm³/mol. The number of rotatable bonds is 7. The lowest BCUT2D eigenvalue weighted by Crippen LogP contribution is -2.22. The summed E-state index contributed by atoms with van der Waals surface area (Å²) >= 11 is 1.68. The molecule has 2 nitrogen and oxygen atoms in total. The van der Waals surface area contributed by atoms with Crippen molar-refractivity contribution < 1.29 is 9.13 Å². The number of nitrogens with one attached hydrogen (secondary N) is 1. The minimum Gasteiger partial charge on any atom is -0.496 e. The number of ether oxygens (including phenoxy) is 1. The molecular weight excluding hydrogens is 249 g/mol. The molecule has 0 saturated carbocycles. The quantitative estimate of drug-likeness (QED) is 0.606. The van der Waals surface area contributed by atoms with Crippen LogP contribution in [0.1, 0.15) is 18.5 Å². The summed E-state index contributed by atoms with van der Waals surface area (Å²) in [7, 11) is 1.55. The van der Waals surface area contributed by atoms with Crippen LogP contribution in [0, 0.1) is 18.2 Å². The third-order valence-electron chi connectivity index (χ3n) is 2.55. The number of thioether (sulfide) groups is 1. The van der Waals surface area contributed by atoms with E-state index in [1.165, 1.54) is 6.07 Å². The second-order valence-corrected chi connectivity index (χ2v) is 4.89. The van der Waals surface area contributed by atoms with E-state index in [1.807, 2.05) is 6.92 Å². The topological polar surface area (TPSA) is 21.3 Å². The molecule has 0 saturated heterocycles. The second kappa shape index (κ2) is 8.02. The Morgan fingerprint density at radius 2 is 2.33 bits per heavy atom. The first-order valence-corrected chi connectivity index (χ1v) is 6.93. The Morgan fingerprint density at radius 3 is 3.00 bits per heavy atom. The van der Waals surface area contributed by atoms with E-state index in [2.05, 4.69) is 11.2 Å². The number of halogens is 1. The third-order valence-corrected chi connectivity index (χ3v) is 3.41. The SMILES string of the molecule is C#CCSCCNC(C)c1c(F)cccc1OC. The minimum atomic E-state index is -0.245. The van der Waals surface area contributed by atoms with Crippen molar-refractivity contribution in [2.45, 2.75) is 13.0 Å². The third kappa shape index (κ3) is 4.25. The molecule has 1 aromatic carbocycles. The highest BCUT2D eigenvalue weighted by atomic mass is 32.2. The van der Waals surface area contributed by atoms with E-state index in [9.17, 15) is 4.39 Å². The molecule has 18 heavy (non-hydrogen) atoms. The van der Waals surface area contributed by atoms with Crippen LogP contribution in [-0.4, -0.2) is 25.2 Å². The van der Waals surface area contributed by atoms with Gasteiger partial charge in [-0.25, -0.2) is 4.39 Å². The van der Waals surface area contributed by atoms with Gasteiger partial charge in [-0.05, 0) is 19.1 Å². The standard InChI is InChI=1S/C14H18FNOS/c1-4-9-18-10-8-16-11(2)14-12(15)6-5-7-13(14)17-3/h1,5-7,11,16H,8-10H2,2-3H3. The van der Waals surface area contributed by atoms with Gasteiger partial charge in [0.05, 0.1) is 12.9 Å². The fourth-order valence-corrected chi connectivity index (χ4v) is 2.22. The van der Waals surface area contributed by atoms with Gasteiger partial charge in [0.1, 0.15) is 11.6 Å². The van der Waals surface area contributed by atoms with E-state index >= 15 is 0 Å². The Bertz CT molecular complexity index is 417. The molecule has 0 aliphatic heterocycles. The molecule has 0 amide bonds. The van der Waals surface area contributed by atoms with Crippen LogP contribution < -0.4 is 10.1 Å². The second-order valence-electron chi connectivity index (χ2n) is 3.79. The van der Waals surface area contributed by atoms with E-state index in [0.29, 0.717) is 17.1 Å². The van der Waals surface area contributed by atoms with Crippen LogP contribution in [0.4, 0.5) is 4.39 Å². The summed E-state index contributed by atoms with van der Waals surface area (Å²) in [4.78, 5) is 0. The predicted octanol–water partition coefficient (Wildman–Crippen LogP) is 2.85. The van der Waals surface area contributed by atoms with E-state index < -0.39 is 0 Å². The van der Waals surface area contributed by atoms with Gasteiger partial charge < -0.3 is 10.1 Å². The summed E-state index contributed by atoms with van der Waals surface area (Å²) in [6.07, 6.45) is 5.16. The van der Waals surface area contributed by atoms with Crippen molar-refractivity contribution in [1.29, 1.82) is 0 Å². The Labute approximate surface area is 112 Å². The van der Waals surface area contributed by atoms with Gasteiger partial charge in [-0.2, -0.15) is 0 Å². The van der Waals surface area contributed by atoms with Gasteiger partial charge in [0.15, 0.2) is 0 Å². The van der Waals surface area contributed by atoms with Crippen molar-refractivity contribution >= 4 is 11.8 Å². The zero-order chi connectivity index (χ0) is 13.4. The summed E-state index contributed by atoms with van der Waals surface area (Å²) < 4.78 is 18.9. The Hall–Kier alpha value is -1.18. The van der Waals surface area contributed by atoms with Gasteiger partial charge in [0.25, 0.3) is 0 Å². The Kier molecular flexibility index (Phi) is 6.63. The lowest BCUT2D eigenvalue weighted by Gasteiger charge is -2.17. The van der Waals surface area contributed by atoms with Gasteiger partial charge in [-0.15, -0.1) is 18.2 Å². The van der Waals surface area contributed by atoms with Gasteiger partial charge in [0.2, 0.25) is 0 Å². The maximum absolute atomic E-state index is 13.8. The van der Waals surface area contributed by atoms with E-state index in [4.69, 9.17) is 11.2 Å². The van der Waals surface area contributed by atoms with Crippen LogP contribution in [0.5, 0.6) is 5.75 Å². The summed E-state index contributed by atoms with van der Waals surface area (Å²) in [5.41, 5.74) is 0.571. The Balaban J connectivity index is 2.56. The van der Waals surface area contributed by atoms with Crippen LogP contribution in [0.25, 0.3) is 0 Å². The largest absolute Gasteiger partial charge is 0.496 e. The first-order chi connectivity index (χ1) is 8.70. The fourth-order valence-electron chi connectivity index (χ4n) is 1.70. The summed E-state index contributed by atoms with van der Waals surface area (Å²) in [5, 5.41) is 3.26. The van der Waals surface area contributed by atoms with Gasteiger partial charge in [0, 0.05) is 23.9 Å². The number of methoxy groups -OCH3 is 1. The maximum atomic E-state index is 13.8. The van der Waals surface area contributed by atoms with Crippen LogP contribution in [-0.2, 0) is 0 Å². The highest BCUT2D eigenvalue weighted by Gasteiger charge is 2.15. The first kappa shape index (κ1) is 14.9. The number of hydrogen-bond donors (Lipinski definition) is 1. The highest BCUT2D eigenvalue weighted by molar-refractivity contribution is 7.99. The molecular formula is C14H18FNOS. The van der Waals surface area contributed by atoms with E-state index in [1.54, 1.807) is 31.0 Å². The van der Waals surface area contributed by atoms with Crippen molar-refractivity contribution in [3.63, 3.8) is 0 Å². The molecule has 0 aliphatic rings. The number of benzene rings is 1. The molecule has 1 atom stereocenters. The molecule has 0 bridgehead atoms. The van der Waals surface area contributed by atoms with Gasteiger partial charge in [-0.1, -0.05) is 12.0 Å². The molecule has 0 fully saturated rings. The van der Waals surface area contributed by atoms with Crippen LogP contribution in [0.3, 0.4) is 0 Å². The molecule has 4 heteroatoms. The van der Waals surface area contributed by atoms with E-state index in [-0.39, 0.29) is 11.9 Å². The van der Waals surface area contributed by atoms with Crippen molar-refractivity contribution in [3.8, 4) is 18.1 Å². The van der Waals surface area contributed by atoms with Crippen LogP contribution in [0.2, 0.25) is 0 Å². The molecule has 0 spiro atoms. The monoisotopic (exact) mass is 267 g/mol. The molecule has 0 aliphatic carbocycles. The molecule has 0 radical (unpaired) electrons. The average Bonchev–Trinajstić information content (AvgIpc) is 2.37. The number of terminal acetylenes is 1. The highest BCUT2D eigenvalue weighted by Crippen LogP contribution is 2.27. The lowest BCUT2D eigenvalue weighted by atomic mass is 10.1. The zero-order valence-corrected chi connectivity index (χ0v) is 11.5. The molecule has 1 unspecified atom stereocenters.